The first kappa shape index (κ1) is 15.2. The molecule has 0 aliphatic rings. The van der Waals surface area contributed by atoms with Crippen LogP contribution in [0.3, 0.4) is 0 Å². The maximum absolute atomic E-state index is 12.6. The number of benzene rings is 1. The minimum atomic E-state index is -0.190. The van der Waals surface area contributed by atoms with Crippen molar-refractivity contribution >= 4 is 5.78 Å². The van der Waals surface area contributed by atoms with Gasteiger partial charge in [-0.15, -0.1) is 0 Å². The maximum atomic E-state index is 12.6. The molecule has 0 fully saturated rings. The van der Waals surface area contributed by atoms with Gasteiger partial charge in [0.15, 0.2) is 5.78 Å². The smallest absolute Gasteiger partial charge is 0.261 e. The van der Waals surface area contributed by atoms with Crippen LogP contribution in [0, 0.1) is 5.92 Å². The summed E-state index contributed by atoms with van der Waals surface area (Å²) < 4.78 is 1.73. The van der Waals surface area contributed by atoms with Crippen LogP contribution >= 0.6 is 0 Å². The Morgan fingerprint density at radius 1 is 1.10 bits per heavy atom. The van der Waals surface area contributed by atoms with E-state index in [-0.39, 0.29) is 16.9 Å². The molecule has 2 rings (SSSR count). The molecule has 0 amide bonds. The summed E-state index contributed by atoms with van der Waals surface area (Å²) in [5, 5.41) is 0. The molecule has 3 heteroatoms. The van der Waals surface area contributed by atoms with Crippen molar-refractivity contribution in [3.63, 3.8) is 0 Å². The standard InChI is InChI=1S/C18H21NO2/c1-13(2)11-12-19-17(15-7-5-4-6-8-15)10-9-16(14(3)20)18(19)21/h4-10,13H,11-12H2,1-3H3. The van der Waals surface area contributed by atoms with Crippen molar-refractivity contribution in [1.29, 1.82) is 0 Å². The Labute approximate surface area is 125 Å². The van der Waals surface area contributed by atoms with Crippen molar-refractivity contribution in [2.45, 2.75) is 33.7 Å². The third-order valence-corrected chi connectivity index (χ3v) is 3.55. The van der Waals surface area contributed by atoms with Gasteiger partial charge < -0.3 is 4.57 Å². The summed E-state index contributed by atoms with van der Waals surface area (Å²) in [5.74, 6) is 0.319. The quantitative estimate of drug-likeness (QED) is 0.784. The molecule has 0 saturated heterocycles. The Morgan fingerprint density at radius 2 is 1.76 bits per heavy atom. The van der Waals surface area contributed by atoms with Crippen LogP contribution in [0.25, 0.3) is 11.3 Å². The van der Waals surface area contributed by atoms with Crippen molar-refractivity contribution in [3.05, 3.63) is 58.4 Å². The van der Waals surface area contributed by atoms with Crippen LogP contribution < -0.4 is 5.56 Å². The molecule has 21 heavy (non-hydrogen) atoms. The van der Waals surface area contributed by atoms with Gasteiger partial charge in [0.1, 0.15) is 0 Å². The molecule has 0 aliphatic heterocycles. The summed E-state index contributed by atoms with van der Waals surface area (Å²) in [7, 11) is 0. The van der Waals surface area contributed by atoms with Gasteiger partial charge in [0, 0.05) is 6.54 Å². The molecule has 0 saturated carbocycles. The van der Waals surface area contributed by atoms with Crippen LogP contribution in [0.15, 0.2) is 47.3 Å². The summed E-state index contributed by atoms with van der Waals surface area (Å²) >= 11 is 0. The lowest BCUT2D eigenvalue weighted by molar-refractivity contribution is 0.101. The van der Waals surface area contributed by atoms with Gasteiger partial charge >= 0.3 is 0 Å². The zero-order chi connectivity index (χ0) is 15.4. The highest BCUT2D eigenvalue weighted by atomic mass is 16.1. The Bertz CT molecular complexity index is 684. The number of pyridine rings is 1. The summed E-state index contributed by atoms with van der Waals surface area (Å²) in [5.41, 5.74) is 1.93. The molecule has 1 aromatic heterocycles. The monoisotopic (exact) mass is 283 g/mol. The van der Waals surface area contributed by atoms with Gasteiger partial charge in [0.05, 0.1) is 11.3 Å². The van der Waals surface area contributed by atoms with Gasteiger partial charge in [-0.1, -0.05) is 44.2 Å². The Morgan fingerprint density at radius 3 is 2.33 bits per heavy atom. The largest absolute Gasteiger partial charge is 0.308 e. The number of carbonyl (C=O) groups excluding carboxylic acids is 1. The van der Waals surface area contributed by atoms with Crippen LogP contribution in [0.4, 0.5) is 0 Å². The van der Waals surface area contributed by atoms with E-state index in [0.29, 0.717) is 12.5 Å². The molecule has 110 valence electrons. The van der Waals surface area contributed by atoms with Gasteiger partial charge in [-0.05, 0) is 37.0 Å². The van der Waals surface area contributed by atoms with Crippen molar-refractivity contribution in [1.82, 2.24) is 4.57 Å². The fourth-order valence-corrected chi connectivity index (χ4v) is 2.32. The first-order valence-electron chi connectivity index (χ1n) is 7.31. The van der Waals surface area contributed by atoms with E-state index in [2.05, 4.69) is 13.8 Å². The van der Waals surface area contributed by atoms with Gasteiger partial charge in [-0.3, -0.25) is 9.59 Å². The summed E-state index contributed by atoms with van der Waals surface area (Å²) in [6, 6.07) is 13.3. The second-order valence-electron chi connectivity index (χ2n) is 5.69. The number of carbonyl (C=O) groups is 1. The second kappa shape index (κ2) is 6.53. The summed E-state index contributed by atoms with van der Waals surface area (Å²) in [4.78, 5) is 24.2. The molecule has 0 unspecified atom stereocenters. The number of Topliss-reactive ketones (excluding diaryl/α,β-unsaturated/α-hetero) is 1. The third-order valence-electron chi connectivity index (χ3n) is 3.55. The van der Waals surface area contributed by atoms with Gasteiger partial charge in [-0.25, -0.2) is 0 Å². The highest BCUT2D eigenvalue weighted by Gasteiger charge is 2.13. The molecule has 1 aromatic carbocycles. The second-order valence-corrected chi connectivity index (χ2v) is 5.69. The third kappa shape index (κ3) is 3.48. The van der Waals surface area contributed by atoms with E-state index in [0.717, 1.165) is 17.7 Å². The zero-order valence-electron chi connectivity index (χ0n) is 12.8. The number of hydrogen-bond acceptors (Lipinski definition) is 2. The molecule has 0 N–H and O–H groups in total. The Hall–Kier alpha value is -2.16. The highest BCUT2D eigenvalue weighted by Crippen LogP contribution is 2.19. The van der Waals surface area contributed by atoms with E-state index in [1.807, 2.05) is 36.4 Å². The van der Waals surface area contributed by atoms with E-state index in [9.17, 15) is 9.59 Å². The molecule has 0 atom stereocenters. The van der Waals surface area contributed by atoms with Crippen LogP contribution in [0.5, 0.6) is 0 Å². The van der Waals surface area contributed by atoms with E-state index in [1.165, 1.54) is 6.92 Å². The minimum Gasteiger partial charge on any atom is -0.308 e. The lowest BCUT2D eigenvalue weighted by Crippen LogP contribution is -2.27. The predicted octanol–water partition coefficient (Wildman–Crippen LogP) is 3.76. The first-order valence-corrected chi connectivity index (χ1v) is 7.31. The van der Waals surface area contributed by atoms with E-state index < -0.39 is 0 Å². The molecule has 0 bridgehead atoms. The van der Waals surface area contributed by atoms with Crippen molar-refractivity contribution in [3.8, 4) is 11.3 Å². The molecular formula is C18H21NO2. The zero-order valence-corrected chi connectivity index (χ0v) is 12.8. The molecule has 1 heterocycles. The number of aromatic nitrogens is 1. The van der Waals surface area contributed by atoms with Crippen LogP contribution in [0.2, 0.25) is 0 Å². The van der Waals surface area contributed by atoms with E-state index >= 15 is 0 Å². The van der Waals surface area contributed by atoms with Crippen LogP contribution in [-0.4, -0.2) is 10.4 Å². The predicted molar refractivity (Wildman–Crippen MR) is 85.6 cm³/mol. The molecular weight excluding hydrogens is 262 g/mol. The van der Waals surface area contributed by atoms with Crippen LogP contribution in [-0.2, 0) is 6.54 Å². The Kier molecular flexibility index (Phi) is 4.73. The van der Waals surface area contributed by atoms with Crippen molar-refractivity contribution < 1.29 is 4.79 Å². The van der Waals surface area contributed by atoms with Gasteiger partial charge in [-0.2, -0.15) is 0 Å². The number of rotatable bonds is 5. The lowest BCUT2D eigenvalue weighted by Gasteiger charge is -2.15. The molecule has 0 spiro atoms. The van der Waals surface area contributed by atoms with Crippen LogP contribution in [0.1, 0.15) is 37.6 Å². The lowest BCUT2D eigenvalue weighted by atomic mass is 10.1. The SMILES string of the molecule is CC(=O)c1ccc(-c2ccccc2)n(CCC(C)C)c1=O. The average molecular weight is 283 g/mol. The van der Waals surface area contributed by atoms with Crippen molar-refractivity contribution in [2.24, 2.45) is 5.92 Å². The van der Waals surface area contributed by atoms with E-state index in [1.54, 1.807) is 10.6 Å². The van der Waals surface area contributed by atoms with Gasteiger partial charge in [0.25, 0.3) is 5.56 Å². The molecule has 2 aromatic rings. The normalized spacial score (nSPS) is 10.9. The Balaban J connectivity index is 2.57. The van der Waals surface area contributed by atoms with E-state index in [4.69, 9.17) is 0 Å². The molecule has 3 nitrogen and oxygen atoms in total. The summed E-state index contributed by atoms with van der Waals surface area (Å²) in [6.07, 6.45) is 0.904. The molecule has 0 radical (unpaired) electrons. The fraction of sp³-hybridized carbons (Fsp3) is 0.333. The number of hydrogen-bond donors (Lipinski definition) is 0. The molecule has 0 aliphatic carbocycles. The fourth-order valence-electron chi connectivity index (χ4n) is 2.32. The summed E-state index contributed by atoms with van der Waals surface area (Å²) in [6.45, 7) is 6.32. The number of nitrogens with zero attached hydrogens (tertiary/aromatic N) is 1. The average Bonchev–Trinajstić information content (AvgIpc) is 2.46. The van der Waals surface area contributed by atoms with Crippen molar-refractivity contribution in [2.75, 3.05) is 0 Å². The maximum Gasteiger partial charge on any atom is 0.261 e. The van der Waals surface area contributed by atoms with Gasteiger partial charge in [0.2, 0.25) is 0 Å². The highest BCUT2D eigenvalue weighted by molar-refractivity contribution is 5.93. The minimum absolute atomic E-state index is 0.182. The topological polar surface area (TPSA) is 39.1 Å². The first-order chi connectivity index (χ1) is 10.0. The number of ketones is 1.